The van der Waals surface area contributed by atoms with Gasteiger partial charge in [0.1, 0.15) is 23.1 Å². The van der Waals surface area contributed by atoms with Gasteiger partial charge < -0.3 is 4.74 Å². The van der Waals surface area contributed by atoms with Crippen LogP contribution in [0.15, 0.2) is 21.5 Å². The average Bonchev–Trinajstić information content (AvgIpc) is 2.31. The van der Waals surface area contributed by atoms with Gasteiger partial charge in [0.2, 0.25) is 10.0 Å². The molecule has 1 aromatic rings. The first-order chi connectivity index (χ1) is 9.07. The molecule has 20 heavy (non-hydrogen) atoms. The lowest BCUT2D eigenvalue weighted by Crippen LogP contribution is -2.16. The molecule has 0 heterocycles. The highest BCUT2D eigenvalue weighted by atomic mass is 79.9. The summed E-state index contributed by atoms with van der Waals surface area (Å²) in [5.41, 5.74) is 0. The number of nitrogens with two attached hydrogens (primary N) is 1. The molecule has 0 atom stereocenters. The molecule has 0 bridgehead atoms. The normalized spacial score (nSPS) is 12.4. The van der Waals surface area contributed by atoms with Gasteiger partial charge in [-0.2, -0.15) is 0 Å². The Hall–Kier alpha value is -0.710. The first kappa shape index (κ1) is 17.3. The standard InChI is InChI=1S/C10H13BrFNO5S2/c1-2-19(14,15)4-3-18-9-6-8(12)10(5-7(9)11)20(13,16)17/h5-6H,2-4H2,1H3,(H2,13,16,17). The number of ether oxygens (including phenoxy) is 1. The monoisotopic (exact) mass is 389 g/mol. The second-order valence-corrected chi connectivity index (χ2v) is 8.70. The molecule has 1 aromatic carbocycles. The van der Waals surface area contributed by atoms with Crippen molar-refractivity contribution in [1.82, 2.24) is 0 Å². The van der Waals surface area contributed by atoms with Crippen molar-refractivity contribution in [2.75, 3.05) is 18.1 Å². The summed E-state index contributed by atoms with van der Waals surface area (Å²) in [7, 11) is -7.37. The van der Waals surface area contributed by atoms with Crippen LogP contribution >= 0.6 is 15.9 Å². The van der Waals surface area contributed by atoms with Crippen LogP contribution < -0.4 is 9.88 Å². The zero-order valence-electron chi connectivity index (χ0n) is 10.5. The van der Waals surface area contributed by atoms with E-state index in [4.69, 9.17) is 9.88 Å². The summed E-state index contributed by atoms with van der Waals surface area (Å²) in [4.78, 5) is -0.669. The molecule has 0 saturated heterocycles. The van der Waals surface area contributed by atoms with E-state index in [0.29, 0.717) is 0 Å². The van der Waals surface area contributed by atoms with Crippen molar-refractivity contribution >= 4 is 35.8 Å². The van der Waals surface area contributed by atoms with Gasteiger partial charge in [0.15, 0.2) is 9.84 Å². The van der Waals surface area contributed by atoms with Crippen LogP contribution in [-0.2, 0) is 19.9 Å². The summed E-state index contributed by atoms with van der Waals surface area (Å²) < 4.78 is 63.6. The van der Waals surface area contributed by atoms with Crippen molar-refractivity contribution in [3.63, 3.8) is 0 Å². The van der Waals surface area contributed by atoms with E-state index >= 15 is 0 Å². The van der Waals surface area contributed by atoms with E-state index in [1.165, 1.54) is 6.92 Å². The summed E-state index contributed by atoms with van der Waals surface area (Å²) in [6.07, 6.45) is 0. The third-order valence-corrected chi connectivity index (χ3v) is 5.60. The van der Waals surface area contributed by atoms with Gasteiger partial charge in [0.05, 0.1) is 10.2 Å². The molecule has 1 rings (SSSR count). The molecule has 0 aliphatic rings. The summed E-state index contributed by atoms with van der Waals surface area (Å²) in [5, 5.41) is 4.84. The highest BCUT2D eigenvalue weighted by molar-refractivity contribution is 9.10. The van der Waals surface area contributed by atoms with E-state index in [-0.39, 0.29) is 28.3 Å². The Morgan fingerprint density at radius 2 is 1.90 bits per heavy atom. The van der Waals surface area contributed by atoms with Crippen LogP contribution in [0.3, 0.4) is 0 Å². The molecule has 2 N–H and O–H groups in total. The van der Waals surface area contributed by atoms with Crippen molar-refractivity contribution in [2.45, 2.75) is 11.8 Å². The van der Waals surface area contributed by atoms with Crippen LogP contribution in [0.4, 0.5) is 4.39 Å². The third-order valence-electron chi connectivity index (χ3n) is 2.38. The van der Waals surface area contributed by atoms with E-state index in [2.05, 4.69) is 15.9 Å². The number of sulfonamides is 1. The zero-order valence-corrected chi connectivity index (χ0v) is 13.7. The number of halogens is 2. The van der Waals surface area contributed by atoms with E-state index < -0.39 is 30.6 Å². The zero-order chi connectivity index (χ0) is 15.6. The number of hydrogen-bond acceptors (Lipinski definition) is 5. The summed E-state index contributed by atoms with van der Waals surface area (Å²) in [5.74, 6) is -1.30. The predicted octanol–water partition coefficient (Wildman–Crippen LogP) is 1.05. The number of benzene rings is 1. The topological polar surface area (TPSA) is 104 Å². The molecular formula is C10H13BrFNO5S2. The van der Waals surface area contributed by atoms with Gasteiger partial charge in [-0.3, -0.25) is 0 Å². The van der Waals surface area contributed by atoms with Crippen molar-refractivity contribution in [3.05, 3.63) is 22.4 Å². The van der Waals surface area contributed by atoms with Gasteiger partial charge in [0, 0.05) is 11.8 Å². The summed E-state index contributed by atoms with van der Waals surface area (Å²) in [6, 6.07) is 1.80. The first-order valence-electron chi connectivity index (χ1n) is 5.42. The number of rotatable bonds is 6. The quantitative estimate of drug-likeness (QED) is 0.782. The lowest BCUT2D eigenvalue weighted by Gasteiger charge is -2.10. The van der Waals surface area contributed by atoms with Crippen molar-refractivity contribution in [3.8, 4) is 5.75 Å². The maximum absolute atomic E-state index is 13.6. The van der Waals surface area contributed by atoms with Crippen LogP contribution in [0.5, 0.6) is 5.75 Å². The lowest BCUT2D eigenvalue weighted by atomic mass is 10.3. The number of hydrogen-bond donors (Lipinski definition) is 1. The Morgan fingerprint density at radius 1 is 1.30 bits per heavy atom. The SMILES string of the molecule is CCS(=O)(=O)CCOc1cc(F)c(S(N)(=O)=O)cc1Br. The molecule has 0 aliphatic carbocycles. The molecule has 0 aromatic heterocycles. The molecular weight excluding hydrogens is 377 g/mol. The van der Waals surface area contributed by atoms with Gasteiger partial charge in [-0.1, -0.05) is 6.92 Å². The number of primary sulfonamides is 1. The smallest absolute Gasteiger partial charge is 0.241 e. The van der Waals surface area contributed by atoms with Gasteiger partial charge >= 0.3 is 0 Å². The van der Waals surface area contributed by atoms with Gasteiger partial charge in [-0.25, -0.2) is 26.4 Å². The molecule has 10 heteroatoms. The fraction of sp³-hybridized carbons (Fsp3) is 0.400. The third kappa shape index (κ3) is 4.69. The highest BCUT2D eigenvalue weighted by Crippen LogP contribution is 2.29. The highest BCUT2D eigenvalue weighted by Gasteiger charge is 2.18. The van der Waals surface area contributed by atoms with Crippen molar-refractivity contribution in [2.24, 2.45) is 5.14 Å². The molecule has 114 valence electrons. The van der Waals surface area contributed by atoms with E-state index in [9.17, 15) is 21.2 Å². The maximum atomic E-state index is 13.6. The fourth-order valence-electron chi connectivity index (χ4n) is 1.26. The Labute approximate surface area is 125 Å². The Kier molecular flexibility index (Phi) is 5.53. The molecule has 0 unspecified atom stereocenters. The Bertz CT molecular complexity index is 703. The minimum absolute atomic E-state index is 0.00111. The van der Waals surface area contributed by atoms with E-state index in [1.54, 1.807) is 0 Å². The number of sulfone groups is 1. The minimum Gasteiger partial charge on any atom is -0.491 e. The average molecular weight is 390 g/mol. The van der Waals surface area contributed by atoms with Crippen LogP contribution in [0.2, 0.25) is 0 Å². The molecule has 0 spiro atoms. The Balaban J connectivity index is 2.92. The summed E-state index contributed by atoms with van der Waals surface area (Å²) >= 11 is 3.01. The second-order valence-electron chi connectivity index (χ2n) is 3.84. The first-order valence-corrected chi connectivity index (χ1v) is 9.58. The fourth-order valence-corrected chi connectivity index (χ4v) is 3.11. The molecule has 0 aliphatic heterocycles. The Morgan fingerprint density at radius 3 is 2.40 bits per heavy atom. The summed E-state index contributed by atoms with van der Waals surface area (Å²) in [6.45, 7) is 1.34. The van der Waals surface area contributed by atoms with Gasteiger partial charge in [-0.05, 0) is 22.0 Å². The van der Waals surface area contributed by atoms with Gasteiger partial charge in [0.25, 0.3) is 0 Å². The largest absolute Gasteiger partial charge is 0.491 e. The molecule has 0 amide bonds. The van der Waals surface area contributed by atoms with Gasteiger partial charge in [-0.15, -0.1) is 0 Å². The van der Waals surface area contributed by atoms with Crippen LogP contribution in [0.25, 0.3) is 0 Å². The van der Waals surface area contributed by atoms with Crippen LogP contribution in [-0.4, -0.2) is 34.9 Å². The van der Waals surface area contributed by atoms with Crippen molar-refractivity contribution < 1.29 is 26.0 Å². The molecule has 0 radical (unpaired) electrons. The van der Waals surface area contributed by atoms with Crippen molar-refractivity contribution in [1.29, 1.82) is 0 Å². The van der Waals surface area contributed by atoms with Crippen LogP contribution in [0, 0.1) is 5.82 Å². The van der Waals surface area contributed by atoms with E-state index in [0.717, 1.165) is 12.1 Å². The predicted molar refractivity (Wildman–Crippen MR) is 75.3 cm³/mol. The molecule has 0 saturated carbocycles. The van der Waals surface area contributed by atoms with Crippen LogP contribution in [0.1, 0.15) is 6.92 Å². The maximum Gasteiger partial charge on any atom is 0.241 e. The lowest BCUT2D eigenvalue weighted by molar-refractivity contribution is 0.336. The molecule has 0 fully saturated rings. The molecule has 6 nitrogen and oxygen atoms in total. The second kappa shape index (κ2) is 6.37. The van der Waals surface area contributed by atoms with E-state index in [1.807, 2.05) is 0 Å². The minimum atomic E-state index is -4.18.